The number of hydrogen-bond acceptors (Lipinski definition) is 2. The summed E-state index contributed by atoms with van der Waals surface area (Å²) in [6.07, 6.45) is 0. The second kappa shape index (κ2) is 9.24. The molecular formula is C42H24S2. The Balaban J connectivity index is 1.30. The van der Waals surface area contributed by atoms with E-state index in [-0.39, 0.29) is 0 Å². The summed E-state index contributed by atoms with van der Waals surface area (Å²) < 4.78 is 5.45. The van der Waals surface area contributed by atoms with Crippen molar-refractivity contribution in [2.75, 3.05) is 0 Å². The summed E-state index contributed by atoms with van der Waals surface area (Å²) in [7, 11) is 0. The Kier molecular flexibility index (Phi) is 5.13. The first-order chi connectivity index (χ1) is 21.8. The highest BCUT2D eigenvalue weighted by Crippen LogP contribution is 2.48. The van der Waals surface area contributed by atoms with E-state index in [0.717, 1.165) is 0 Å². The van der Waals surface area contributed by atoms with Crippen LogP contribution in [0.4, 0.5) is 0 Å². The molecule has 2 heteroatoms. The lowest BCUT2D eigenvalue weighted by Crippen LogP contribution is -1.91. The second-order valence-electron chi connectivity index (χ2n) is 11.6. The van der Waals surface area contributed by atoms with Gasteiger partial charge in [-0.25, -0.2) is 0 Å². The molecule has 0 atom stereocenters. The van der Waals surface area contributed by atoms with Gasteiger partial charge in [0.25, 0.3) is 0 Å². The molecule has 0 aliphatic rings. The van der Waals surface area contributed by atoms with Gasteiger partial charge in [-0.3, -0.25) is 0 Å². The van der Waals surface area contributed by atoms with Crippen LogP contribution in [0.15, 0.2) is 146 Å². The zero-order valence-electron chi connectivity index (χ0n) is 23.7. The first kappa shape index (κ1) is 24.4. The smallest absolute Gasteiger partial charge is 0.0448 e. The van der Waals surface area contributed by atoms with Crippen molar-refractivity contribution >= 4 is 95.3 Å². The van der Waals surface area contributed by atoms with Crippen molar-refractivity contribution in [3.05, 3.63) is 146 Å². The van der Waals surface area contributed by atoms with E-state index >= 15 is 0 Å². The normalized spacial score (nSPS) is 12.1. The topological polar surface area (TPSA) is 0 Å². The number of benzene rings is 8. The van der Waals surface area contributed by atoms with Crippen LogP contribution in [0.2, 0.25) is 0 Å². The van der Waals surface area contributed by atoms with Gasteiger partial charge in [0.05, 0.1) is 0 Å². The highest BCUT2D eigenvalue weighted by atomic mass is 32.1. The molecule has 44 heavy (non-hydrogen) atoms. The predicted molar refractivity (Wildman–Crippen MR) is 196 cm³/mol. The zero-order chi connectivity index (χ0) is 28.8. The average molecular weight is 593 g/mol. The molecule has 8 aromatic carbocycles. The highest BCUT2D eigenvalue weighted by molar-refractivity contribution is 7.29. The van der Waals surface area contributed by atoms with Crippen molar-refractivity contribution in [2.24, 2.45) is 0 Å². The van der Waals surface area contributed by atoms with Gasteiger partial charge < -0.3 is 0 Å². The summed E-state index contributed by atoms with van der Waals surface area (Å²) in [5.74, 6) is 0. The summed E-state index contributed by atoms with van der Waals surface area (Å²) in [4.78, 5) is 0. The molecule has 0 unspecified atom stereocenters. The molecule has 10 aromatic rings. The van der Waals surface area contributed by atoms with Crippen molar-refractivity contribution < 1.29 is 0 Å². The fourth-order valence-corrected chi connectivity index (χ4v) is 9.72. The van der Waals surface area contributed by atoms with Gasteiger partial charge in [-0.2, -0.15) is 0 Å². The monoisotopic (exact) mass is 592 g/mol. The lowest BCUT2D eigenvalue weighted by Gasteiger charge is -2.18. The first-order valence-electron chi connectivity index (χ1n) is 15.0. The molecule has 0 saturated carbocycles. The minimum Gasteiger partial charge on any atom is -0.135 e. The molecule has 0 radical (unpaired) electrons. The van der Waals surface area contributed by atoms with Gasteiger partial charge in [0.15, 0.2) is 0 Å². The van der Waals surface area contributed by atoms with Crippen LogP contribution in [0.25, 0.3) is 94.9 Å². The van der Waals surface area contributed by atoms with E-state index in [9.17, 15) is 0 Å². The van der Waals surface area contributed by atoms with Gasteiger partial charge in [0.1, 0.15) is 0 Å². The van der Waals surface area contributed by atoms with Crippen molar-refractivity contribution in [3.8, 4) is 22.3 Å². The molecule has 0 amide bonds. The predicted octanol–water partition coefficient (Wildman–Crippen LogP) is 13.2. The van der Waals surface area contributed by atoms with Crippen molar-refractivity contribution in [2.45, 2.75) is 0 Å². The molecule has 204 valence electrons. The summed E-state index contributed by atoms with van der Waals surface area (Å²) in [5, 5.41) is 13.2. The molecule has 0 bridgehead atoms. The maximum absolute atomic E-state index is 2.46. The van der Waals surface area contributed by atoms with Crippen LogP contribution in [-0.4, -0.2) is 0 Å². The Morgan fingerprint density at radius 1 is 0.318 bits per heavy atom. The van der Waals surface area contributed by atoms with Crippen LogP contribution >= 0.6 is 22.7 Å². The van der Waals surface area contributed by atoms with Crippen molar-refractivity contribution in [3.63, 3.8) is 0 Å². The largest absolute Gasteiger partial charge is 0.135 e. The summed E-state index contributed by atoms with van der Waals surface area (Å²) in [5.41, 5.74) is 5.15. The van der Waals surface area contributed by atoms with E-state index in [1.807, 2.05) is 22.7 Å². The van der Waals surface area contributed by atoms with Crippen LogP contribution in [-0.2, 0) is 0 Å². The van der Waals surface area contributed by atoms with Crippen LogP contribution in [0.1, 0.15) is 0 Å². The second-order valence-corrected chi connectivity index (χ2v) is 13.8. The zero-order valence-corrected chi connectivity index (χ0v) is 25.3. The van der Waals surface area contributed by atoms with Gasteiger partial charge >= 0.3 is 0 Å². The lowest BCUT2D eigenvalue weighted by molar-refractivity contribution is 1.69. The van der Waals surface area contributed by atoms with E-state index in [4.69, 9.17) is 0 Å². The Morgan fingerprint density at radius 2 is 0.864 bits per heavy atom. The standard InChI is InChI=1S/C42H24S2/c1-2-10-26-23-27(18-17-25(26)9-1)39-30-12-3-5-14-32(30)40(33-15-6-4-13-31(33)39)28-19-21-37-35(24-28)41-38(43-37)22-20-34-29-11-7-8-16-36(29)44-42(34)41/h1-24H. The van der Waals surface area contributed by atoms with E-state index in [1.54, 1.807) is 0 Å². The van der Waals surface area contributed by atoms with Gasteiger partial charge in [0.2, 0.25) is 0 Å². The number of rotatable bonds is 2. The SMILES string of the molecule is c1ccc2cc(-c3c4ccccc4c(-c4ccc5sc6ccc7c8ccccc8sc7c6c5c4)c4ccccc34)ccc2c1. The molecule has 0 nitrogen and oxygen atoms in total. The first-order valence-corrected chi connectivity index (χ1v) is 16.6. The van der Waals surface area contributed by atoms with Crippen LogP contribution in [0.5, 0.6) is 0 Å². The number of hydrogen-bond donors (Lipinski definition) is 0. The van der Waals surface area contributed by atoms with Gasteiger partial charge in [-0.05, 0) is 84.9 Å². The van der Waals surface area contributed by atoms with Crippen molar-refractivity contribution in [1.82, 2.24) is 0 Å². The Morgan fingerprint density at radius 3 is 1.59 bits per heavy atom. The molecular weight excluding hydrogens is 569 g/mol. The Hall–Kier alpha value is -5.02. The van der Waals surface area contributed by atoms with Crippen LogP contribution < -0.4 is 0 Å². The van der Waals surface area contributed by atoms with Crippen LogP contribution in [0, 0.1) is 0 Å². The summed E-state index contributed by atoms with van der Waals surface area (Å²) >= 11 is 3.83. The molecule has 2 aromatic heterocycles. The Labute approximate surface area is 262 Å². The van der Waals surface area contributed by atoms with E-state index in [1.165, 1.54) is 94.9 Å². The third-order valence-corrected chi connectivity index (χ3v) is 11.6. The molecule has 0 fully saturated rings. The number of thiophene rings is 2. The Bertz CT molecular complexity index is 2720. The van der Waals surface area contributed by atoms with E-state index < -0.39 is 0 Å². The molecule has 0 N–H and O–H groups in total. The van der Waals surface area contributed by atoms with Crippen molar-refractivity contribution in [1.29, 1.82) is 0 Å². The average Bonchev–Trinajstić information content (AvgIpc) is 3.65. The molecule has 0 aliphatic carbocycles. The molecule has 0 spiro atoms. The minimum atomic E-state index is 1.26. The molecule has 0 saturated heterocycles. The van der Waals surface area contributed by atoms with Gasteiger partial charge in [-0.1, -0.05) is 115 Å². The van der Waals surface area contributed by atoms with Gasteiger partial charge in [-0.15, -0.1) is 22.7 Å². The van der Waals surface area contributed by atoms with Crippen LogP contribution in [0.3, 0.4) is 0 Å². The fourth-order valence-electron chi connectivity index (χ4n) is 7.29. The summed E-state index contributed by atoms with van der Waals surface area (Å²) in [6, 6.07) is 54.1. The van der Waals surface area contributed by atoms with Gasteiger partial charge in [0, 0.05) is 40.3 Å². The van der Waals surface area contributed by atoms with E-state index in [2.05, 4.69) is 146 Å². The maximum atomic E-state index is 2.46. The molecule has 0 aliphatic heterocycles. The third kappa shape index (κ3) is 3.44. The maximum Gasteiger partial charge on any atom is 0.0448 e. The quantitative estimate of drug-likeness (QED) is 0.175. The summed E-state index contributed by atoms with van der Waals surface area (Å²) in [6.45, 7) is 0. The fraction of sp³-hybridized carbons (Fsp3) is 0. The third-order valence-electron chi connectivity index (χ3n) is 9.24. The molecule has 10 rings (SSSR count). The van der Waals surface area contributed by atoms with E-state index in [0.29, 0.717) is 0 Å². The lowest BCUT2D eigenvalue weighted by atomic mass is 9.85. The minimum absolute atomic E-state index is 1.26. The molecule has 2 heterocycles. The number of fused-ring (bicyclic) bond motifs is 10. The highest BCUT2D eigenvalue weighted by Gasteiger charge is 2.19.